The van der Waals surface area contributed by atoms with Crippen LogP contribution in [-0.2, 0) is 11.0 Å². The average Bonchev–Trinajstić information content (AvgIpc) is 3.23. The van der Waals surface area contributed by atoms with Crippen LogP contribution < -0.4 is 14.2 Å². The zero-order chi connectivity index (χ0) is 29.4. The van der Waals surface area contributed by atoms with Gasteiger partial charge in [0.15, 0.2) is 5.60 Å². The lowest BCUT2D eigenvalue weighted by Gasteiger charge is -2.42. The van der Waals surface area contributed by atoms with Crippen LogP contribution in [0.3, 0.4) is 0 Å². The molecule has 0 fully saturated rings. The lowest BCUT2D eigenvalue weighted by atomic mass is 9.73. The summed E-state index contributed by atoms with van der Waals surface area (Å²) in [5.74, 6) is 0.812. The van der Waals surface area contributed by atoms with E-state index in [0.717, 1.165) is 62.9 Å². The van der Waals surface area contributed by atoms with Crippen molar-refractivity contribution >= 4 is 16.8 Å². The molecule has 5 heteroatoms. The van der Waals surface area contributed by atoms with Gasteiger partial charge in [0.1, 0.15) is 28.9 Å². The maximum Gasteiger partial charge on any atom is 0.174 e. The summed E-state index contributed by atoms with van der Waals surface area (Å²) >= 11 is 0. The Morgan fingerprint density at radius 1 is 0.929 bits per heavy atom. The predicted octanol–water partition coefficient (Wildman–Crippen LogP) is 9.26. The maximum absolute atomic E-state index is 16.1. The molecule has 7 rings (SSSR count). The molecule has 212 valence electrons. The molecule has 3 aliphatic rings. The van der Waals surface area contributed by atoms with Gasteiger partial charge in [-0.05, 0) is 82.0 Å². The van der Waals surface area contributed by atoms with Crippen molar-refractivity contribution < 1.29 is 23.0 Å². The number of hydrogen-bond donors (Lipinski definition) is 0. The van der Waals surface area contributed by atoms with E-state index in [4.69, 9.17) is 14.2 Å². The van der Waals surface area contributed by atoms with Gasteiger partial charge in [-0.15, -0.1) is 0 Å². The van der Waals surface area contributed by atoms with Crippen molar-refractivity contribution in [3.8, 4) is 28.4 Å². The number of benzene rings is 4. The maximum atomic E-state index is 16.1. The van der Waals surface area contributed by atoms with E-state index >= 15 is 4.39 Å². The SMILES string of the molecule is COc1ccc(C2(C3=CC=CCC3C)C=Cc3c4c(c5cc(F)cc(F)c5c3O2)-c2ccc(OC)cc2C4(C)C)cc1. The van der Waals surface area contributed by atoms with Crippen molar-refractivity contribution in [1.82, 2.24) is 0 Å². The fourth-order valence-electron chi connectivity index (χ4n) is 7.18. The van der Waals surface area contributed by atoms with Crippen LogP contribution in [0.5, 0.6) is 17.2 Å². The minimum Gasteiger partial charge on any atom is -0.497 e. The molecule has 0 amide bonds. The monoisotopic (exact) mass is 562 g/mol. The molecule has 0 saturated carbocycles. The fraction of sp³-hybridized carbons (Fsp3) is 0.243. The Morgan fingerprint density at radius 3 is 2.38 bits per heavy atom. The van der Waals surface area contributed by atoms with Gasteiger partial charge >= 0.3 is 0 Å². The van der Waals surface area contributed by atoms with Gasteiger partial charge < -0.3 is 14.2 Å². The third-order valence-corrected chi connectivity index (χ3v) is 9.24. The van der Waals surface area contributed by atoms with Gasteiger partial charge in [0.05, 0.1) is 19.6 Å². The molecule has 1 aliphatic heterocycles. The first-order valence-corrected chi connectivity index (χ1v) is 14.3. The van der Waals surface area contributed by atoms with Crippen LogP contribution in [0.1, 0.15) is 49.4 Å². The highest BCUT2D eigenvalue weighted by atomic mass is 19.1. The van der Waals surface area contributed by atoms with E-state index in [2.05, 4.69) is 51.2 Å². The van der Waals surface area contributed by atoms with E-state index in [0.29, 0.717) is 11.1 Å². The van der Waals surface area contributed by atoms with E-state index in [1.165, 1.54) is 6.07 Å². The number of methoxy groups -OCH3 is 2. The number of halogens is 2. The topological polar surface area (TPSA) is 27.7 Å². The molecule has 3 nitrogen and oxygen atoms in total. The van der Waals surface area contributed by atoms with E-state index in [9.17, 15) is 4.39 Å². The molecule has 0 N–H and O–H groups in total. The number of ether oxygens (including phenoxy) is 3. The molecule has 0 saturated heterocycles. The van der Waals surface area contributed by atoms with Crippen molar-refractivity contribution in [2.24, 2.45) is 5.92 Å². The Balaban J connectivity index is 1.57. The first-order valence-electron chi connectivity index (χ1n) is 14.3. The minimum absolute atomic E-state index is 0.180. The average molecular weight is 563 g/mol. The quantitative estimate of drug-likeness (QED) is 0.248. The van der Waals surface area contributed by atoms with Crippen LogP contribution in [0.4, 0.5) is 8.78 Å². The predicted molar refractivity (Wildman–Crippen MR) is 163 cm³/mol. The molecule has 42 heavy (non-hydrogen) atoms. The highest BCUT2D eigenvalue weighted by Gasteiger charge is 2.46. The van der Waals surface area contributed by atoms with Gasteiger partial charge in [-0.1, -0.05) is 63.3 Å². The number of allylic oxidation sites excluding steroid dienone is 3. The molecule has 0 spiro atoms. The number of hydrogen-bond acceptors (Lipinski definition) is 3. The summed E-state index contributed by atoms with van der Waals surface area (Å²) in [5.41, 5.74) is 5.13. The summed E-state index contributed by atoms with van der Waals surface area (Å²) in [6.07, 6.45) is 11.4. The van der Waals surface area contributed by atoms with Gasteiger partial charge in [-0.25, -0.2) is 8.78 Å². The highest BCUT2D eigenvalue weighted by molar-refractivity contribution is 6.08. The molecular formula is C37H32F2O3. The summed E-state index contributed by atoms with van der Waals surface area (Å²) in [6.45, 7) is 6.47. The Labute approximate surface area is 244 Å². The van der Waals surface area contributed by atoms with Crippen molar-refractivity contribution in [3.05, 3.63) is 118 Å². The summed E-state index contributed by atoms with van der Waals surface area (Å²) in [6, 6.07) is 16.1. The zero-order valence-electron chi connectivity index (χ0n) is 24.3. The molecule has 4 aromatic carbocycles. The molecule has 4 aromatic rings. The van der Waals surface area contributed by atoms with E-state index < -0.39 is 22.7 Å². The van der Waals surface area contributed by atoms with Crippen LogP contribution in [0.15, 0.2) is 84.5 Å². The first-order chi connectivity index (χ1) is 20.2. The van der Waals surface area contributed by atoms with Gasteiger partial charge in [0, 0.05) is 22.6 Å². The second kappa shape index (κ2) is 9.32. The largest absolute Gasteiger partial charge is 0.497 e. The zero-order valence-corrected chi connectivity index (χ0v) is 24.3. The standard InChI is InChI=1S/C37H32F2O3/c1-21-8-6-7-9-29(21)37(22-10-12-24(40-4)13-11-22)17-16-27-34-32(26-15-14-25(41-5)20-30(26)36(34,2)3)28-18-23(38)19-31(39)33(28)35(27)42-37/h6-7,9-21H,8H2,1-5H3. The van der Waals surface area contributed by atoms with E-state index in [1.54, 1.807) is 14.2 Å². The Hall–Kier alpha value is -4.38. The third kappa shape index (κ3) is 3.62. The smallest absolute Gasteiger partial charge is 0.174 e. The summed E-state index contributed by atoms with van der Waals surface area (Å²) < 4.78 is 49.2. The Morgan fingerprint density at radius 2 is 1.67 bits per heavy atom. The first kappa shape index (κ1) is 26.5. The van der Waals surface area contributed by atoms with Crippen molar-refractivity contribution in [2.75, 3.05) is 14.2 Å². The van der Waals surface area contributed by atoms with Crippen LogP contribution in [0, 0.1) is 17.6 Å². The molecule has 2 aliphatic carbocycles. The summed E-state index contributed by atoms with van der Waals surface area (Å²) in [5, 5.41) is 0.786. The second-order valence-corrected chi connectivity index (χ2v) is 11.9. The van der Waals surface area contributed by atoms with Crippen LogP contribution in [-0.4, -0.2) is 14.2 Å². The molecule has 0 aromatic heterocycles. The molecular weight excluding hydrogens is 530 g/mol. The van der Waals surface area contributed by atoms with Crippen LogP contribution in [0.2, 0.25) is 0 Å². The third-order valence-electron chi connectivity index (χ3n) is 9.24. The number of fused-ring (bicyclic) bond motifs is 8. The molecule has 0 radical (unpaired) electrons. The molecule has 1 heterocycles. The summed E-state index contributed by atoms with van der Waals surface area (Å²) in [4.78, 5) is 0. The van der Waals surface area contributed by atoms with Crippen LogP contribution >= 0.6 is 0 Å². The summed E-state index contributed by atoms with van der Waals surface area (Å²) in [7, 11) is 3.28. The Kier molecular flexibility index (Phi) is 5.88. The molecule has 2 atom stereocenters. The minimum atomic E-state index is -0.996. The molecule has 0 bridgehead atoms. The van der Waals surface area contributed by atoms with Gasteiger partial charge in [-0.2, -0.15) is 0 Å². The lowest BCUT2D eigenvalue weighted by Crippen LogP contribution is -2.38. The van der Waals surface area contributed by atoms with Crippen molar-refractivity contribution in [3.63, 3.8) is 0 Å². The second-order valence-electron chi connectivity index (χ2n) is 11.9. The fourth-order valence-corrected chi connectivity index (χ4v) is 7.18. The Bertz CT molecular complexity index is 1860. The van der Waals surface area contributed by atoms with E-state index in [-0.39, 0.29) is 11.3 Å². The molecule has 2 unspecified atom stereocenters. The van der Waals surface area contributed by atoms with E-state index in [1.807, 2.05) is 42.5 Å². The van der Waals surface area contributed by atoms with Gasteiger partial charge in [-0.3, -0.25) is 0 Å². The number of rotatable bonds is 4. The van der Waals surface area contributed by atoms with Crippen LogP contribution in [0.25, 0.3) is 28.0 Å². The van der Waals surface area contributed by atoms with Gasteiger partial charge in [0.25, 0.3) is 0 Å². The highest BCUT2D eigenvalue weighted by Crippen LogP contribution is 2.59. The van der Waals surface area contributed by atoms with Crippen molar-refractivity contribution in [2.45, 2.75) is 38.2 Å². The van der Waals surface area contributed by atoms with Gasteiger partial charge in [0.2, 0.25) is 0 Å². The lowest BCUT2D eigenvalue weighted by molar-refractivity contribution is 0.145. The van der Waals surface area contributed by atoms with Crippen molar-refractivity contribution in [1.29, 1.82) is 0 Å². The normalized spacial score (nSPS) is 21.3.